The van der Waals surface area contributed by atoms with Crippen molar-refractivity contribution in [2.45, 2.75) is 43.8 Å². The number of ether oxygens (including phenoxy) is 3. The van der Waals surface area contributed by atoms with Crippen LogP contribution in [0.2, 0.25) is 0 Å². The second-order valence-corrected chi connectivity index (χ2v) is 13.0. The van der Waals surface area contributed by atoms with Gasteiger partial charge in [0.1, 0.15) is 29.8 Å². The average molecular weight is 660 g/mol. The fourth-order valence-corrected chi connectivity index (χ4v) is 6.55. The van der Waals surface area contributed by atoms with Crippen LogP contribution in [0.3, 0.4) is 0 Å². The Morgan fingerprint density at radius 1 is 0.745 bits per heavy atom. The second kappa shape index (κ2) is 16.0. The van der Waals surface area contributed by atoms with Crippen LogP contribution < -0.4 is 23.8 Å². The van der Waals surface area contributed by atoms with Gasteiger partial charge in [0.15, 0.2) is 0 Å². The van der Waals surface area contributed by atoms with Gasteiger partial charge in [0.25, 0.3) is 10.0 Å². The molecule has 4 rings (SSSR count). The molecule has 0 spiro atoms. The number of methoxy groups -OCH3 is 3. The van der Waals surface area contributed by atoms with Crippen molar-refractivity contribution in [2.24, 2.45) is 0 Å². The summed E-state index contributed by atoms with van der Waals surface area (Å²) in [4.78, 5) is 29.9. The summed E-state index contributed by atoms with van der Waals surface area (Å²) >= 11 is 0. The Balaban J connectivity index is 1.84. The maximum absolute atomic E-state index is 14.6. The lowest BCUT2D eigenvalue weighted by molar-refractivity contribution is -0.140. The van der Waals surface area contributed by atoms with Crippen molar-refractivity contribution in [1.82, 2.24) is 10.2 Å². The highest BCUT2D eigenvalue weighted by Crippen LogP contribution is 2.33. The Morgan fingerprint density at radius 3 is 2.02 bits per heavy atom. The summed E-state index contributed by atoms with van der Waals surface area (Å²) in [6.07, 6.45) is 0.203. The summed E-state index contributed by atoms with van der Waals surface area (Å²) in [5, 5.41) is 2.96. The topological polar surface area (TPSA) is 114 Å². The highest BCUT2D eigenvalue weighted by molar-refractivity contribution is 7.92. The van der Waals surface area contributed by atoms with Gasteiger partial charge in [-0.3, -0.25) is 13.9 Å². The maximum Gasteiger partial charge on any atom is 0.264 e. The Hall–Kier alpha value is -5.03. The molecule has 0 saturated carbocycles. The fourth-order valence-electron chi connectivity index (χ4n) is 5.13. The summed E-state index contributed by atoms with van der Waals surface area (Å²) in [5.74, 6) is 0.375. The molecule has 0 heterocycles. The lowest BCUT2D eigenvalue weighted by atomic mass is 10.0. The molecular weight excluding hydrogens is 618 g/mol. The molecule has 0 saturated heterocycles. The largest absolute Gasteiger partial charge is 0.497 e. The van der Waals surface area contributed by atoms with Crippen molar-refractivity contribution in [3.63, 3.8) is 0 Å². The Kier molecular flexibility index (Phi) is 11.9. The average Bonchev–Trinajstić information content (AvgIpc) is 3.08. The molecule has 0 aliphatic heterocycles. The van der Waals surface area contributed by atoms with Crippen molar-refractivity contribution in [3.05, 3.63) is 114 Å². The van der Waals surface area contributed by atoms with Crippen LogP contribution in [0, 0.1) is 0 Å². The minimum atomic E-state index is -4.32. The minimum absolute atomic E-state index is 0.0153. The quantitative estimate of drug-likeness (QED) is 0.190. The van der Waals surface area contributed by atoms with E-state index in [1.54, 1.807) is 49.6 Å². The van der Waals surface area contributed by atoms with Gasteiger partial charge in [-0.25, -0.2) is 8.42 Å². The number of rotatable bonds is 15. The van der Waals surface area contributed by atoms with E-state index in [0.717, 1.165) is 9.87 Å². The molecule has 0 aromatic heterocycles. The summed E-state index contributed by atoms with van der Waals surface area (Å²) in [6, 6.07) is 27.9. The van der Waals surface area contributed by atoms with E-state index >= 15 is 0 Å². The van der Waals surface area contributed by atoms with E-state index in [9.17, 15) is 18.0 Å². The van der Waals surface area contributed by atoms with Crippen LogP contribution in [0.15, 0.2) is 108 Å². The number of para-hydroxylation sites is 2. The lowest BCUT2D eigenvalue weighted by Gasteiger charge is -2.34. The van der Waals surface area contributed by atoms with Crippen molar-refractivity contribution in [1.29, 1.82) is 0 Å². The van der Waals surface area contributed by atoms with Crippen molar-refractivity contribution < 1.29 is 32.2 Å². The molecule has 4 aromatic carbocycles. The number of amides is 2. The van der Waals surface area contributed by atoms with Gasteiger partial charge in [-0.05, 0) is 73.5 Å². The number of anilines is 1. The Labute approximate surface area is 276 Å². The first kappa shape index (κ1) is 34.8. The SMILES string of the molecule is COc1ccc(S(=O)(=O)N(CC(=O)N(Cc2cccc(OC)c2)[C@@H](Cc2ccccc2)C(=O)NC(C)C)c2ccccc2OC)cc1. The molecule has 47 heavy (non-hydrogen) atoms. The molecule has 0 aliphatic carbocycles. The first-order valence-electron chi connectivity index (χ1n) is 15.1. The van der Waals surface area contributed by atoms with Crippen LogP contribution >= 0.6 is 0 Å². The normalized spacial score (nSPS) is 11.8. The van der Waals surface area contributed by atoms with Crippen LogP contribution in [0.5, 0.6) is 17.2 Å². The molecule has 0 bridgehead atoms. The van der Waals surface area contributed by atoms with E-state index in [1.807, 2.05) is 50.2 Å². The number of carbonyl (C=O) groups is 2. The third kappa shape index (κ3) is 8.82. The van der Waals surface area contributed by atoms with E-state index in [-0.39, 0.29) is 41.2 Å². The monoisotopic (exact) mass is 659 g/mol. The number of sulfonamides is 1. The van der Waals surface area contributed by atoms with Crippen molar-refractivity contribution in [3.8, 4) is 17.2 Å². The zero-order chi connectivity index (χ0) is 34.0. The minimum Gasteiger partial charge on any atom is -0.497 e. The number of nitrogens with zero attached hydrogens (tertiary/aromatic N) is 2. The molecule has 0 fully saturated rings. The number of nitrogens with one attached hydrogen (secondary N) is 1. The summed E-state index contributed by atoms with van der Waals surface area (Å²) in [5.41, 5.74) is 1.72. The number of hydrogen-bond donors (Lipinski definition) is 1. The van der Waals surface area contributed by atoms with Gasteiger partial charge in [-0.1, -0.05) is 54.6 Å². The van der Waals surface area contributed by atoms with Gasteiger partial charge in [0, 0.05) is 19.0 Å². The van der Waals surface area contributed by atoms with E-state index in [2.05, 4.69) is 5.32 Å². The third-order valence-corrected chi connectivity index (χ3v) is 9.24. The first-order valence-corrected chi connectivity index (χ1v) is 16.6. The molecule has 10 nitrogen and oxygen atoms in total. The fraction of sp³-hybridized carbons (Fsp3) is 0.278. The van der Waals surface area contributed by atoms with E-state index in [4.69, 9.17) is 14.2 Å². The predicted molar refractivity (Wildman–Crippen MR) is 181 cm³/mol. The van der Waals surface area contributed by atoms with Gasteiger partial charge >= 0.3 is 0 Å². The molecule has 0 radical (unpaired) electrons. The van der Waals surface area contributed by atoms with Crippen LogP contribution in [0.25, 0.3) is 0 Å². The van der Waals surface area contributed by atoms with Crippen LogP contribution in [-0.2, 0) is 32.6 Å². The van der Waals surface area contributed by atoms with Gasteiger partial charge in [0.2, 0.25) is 11.8 Å². The molecule has 248 valence electrons. The molecule has 4 aromatic rings. The Morgan fingerprint density at radius 2 is 1.38 bits per heavy atom. The predicted octanol–water partition coefficient (Wildman–Crippen LogP) is 5.07. The lowest BCUT2D eigenvalue weighted by Crippen LogP contribution is -2.54. The first-order chi connectivity index (χ1) is 22.6. The zero-order valence-corrected chi connectivity index (χ0v) is 28.1. The molecule has 0 aliphatic rings. The zero-order valence-electron chi connectivity index (χ0n) is 27.3. The molecule has 1 N–H and O–H groups in total. The van der Waals surface area contributed by atoms with Crippen molar-refractivity contribution in [2.75, 3.05) is 32.2 Å². The van der Waals surface area contributed by atoms with Crippen LogP contribution in [-0.4, -0.2) is 65.1 Å². The smallest absolute Gasteiger partial charge is 0.264 e. The van der Waals surface area contributed by atoms with Crippen molar-refractivity contribution >= 4 is 27.5 Å². The highest BCUT2D eigenvalue weighted by atomic mass is 32.2. The molecule has 11 heteroatoms. The third-order valence-electron chi connectivity index (χ3n) is 7.47. The summed E-state index contributed by atoms with van der Waals surface area (Å²) in [7, 11) is 0.147. The molecule has 2 amide bonds. The number of carbonyl (C=O) groups excluding carboxylic acids is 2. The van der Waals surface area contributed by atoms with Crippen LogP contribution in [0.4, 0.5) is 5.69 Å². The Bertz CT molecular complexity index is 1750. The van der Waals surface area contributed by atoms with E-state index < -0.39 is 28.5 Å². The number of hydrogen-bond acceptors (Lipinski definition) is 7. The molecule has 0 unspecified atom stereocenters. The standard InChI is InChI=1S/C36H41N3O7S/c1-26(2)37-36(41)33(23-27-12-7-6-8-13-27)38(24-28-14-11-15-30(22-28)45-4)35(40)25-39(32-16-9-10-17-34(32)46-5)47(42,43)31-20-18-29(44-3)19-21-31/h6-22,26,33H,23-25H2,1-5H3,(H,37,41)/t33-/m0/s1. The molecule has 1 atom stereocenters. The summed E-state index contributed by atoms with van der Waals surface area (Å²) < 4.78 is 45.8. The van der Waals surface area contributed by atoms with Gasteiger partial charge in [0.05, 0.1) is 31.9 Å². The highest BCUT2D eigenvalue weighted by Gasteiger charge is 2.35. The maximum atomic E-state index is 14.6. The summed E-state index contributed by atoms with van der Waals surface area (Å²) in [6.45, 7) is 3.09. The van der Waals surface area contributed by atoms with Gasteiger partial charge in [-0.15, -0.1) is 0 Å². The van der Waals surface area contributed by atoms with Gasteiger partial charge in [-0.2, -0.15) is 0 Å². The van der Waals surface area contributed by atoms with Gasteiger partial charge < -0.3 is 24.4 Å². The van der Waals surface area contributed by atoms with E-state index in [0.29, 0.717) is 17.1 Å². The van der Waals surface area contributed by atoms with Crippen LogP contribution in [0.1, 0.15) is 25.0 Å². The second-order valence-electron chi connectivity index (χ2n) is 11.1. The number of benzene rings is 4. The van der Waals surface area contributed by atoms with E-state index in [1.165, 1.54) is 43.4 Å². The molecular formula is C36H41N3O7S.